The van der Waals surface area contributed by atoms with Crippen LogP contribution in [0.4, 0.5) is 10.5 Å². The first-order valence-electron chi connectivity index (χ1n) is 11.4. The van der Waals surface area contributed by atoms with Gasteiger partial charge in [0.2, 0.25) is 5.91 Å². The number of amides is 3. The lowest BCUT2D eigenvalue weighted by molar-refractivity contribution is -0.140. The van der Waals surface area contributed by atoms with E-state index in [2.05, 4.69) is 23.3 Å². The summed E-state index contributed by atoms with van der Waals surface area (Å²) < 4.78 is 5.28. The third-order valence-corrected chi connectivity index (χ3v) is 5.48. The molecule has 0 radical (unpaired) electrons. The van der Waals surface area contributed by atoms with Crippen LogP contribution in [0.5, 0.6) is 0 Å². The van der Waals surface area contributed by atoms with Crippen LogP contribution < -0.4 is 10.6 Å². The van der Waals surface area contributed by atoms with Crippen LogP contribution >= 0.6 is 12.6 Å². The Morgan fingerprint density at radius 2 is 1.77 bits per heavy atom. The van der Waals surface area contributed by atoms with E-state index in [1.165, 1.54) is 4.90 Å². The van der Waals surface area contributed by atoms with Crippen molar-refractivity contribution in [2.45, 2.75) is 52.3 Å². The zero-order valence-corrected chi connectivity index (χ0v) is 21.8. The fraction of sp³-hybridized carbons (Fsp3) is 0.423. The van der Waals surface area contributed by atoms with E-state index in [1.54, 1.807) is 39.0 Å². The van der Waals surface area contributed by atoms with Gasteiger partial charge in [-0.1, -0.05) is 48.0 Å². The molecular formula is C26H35N3O5S. The fourth-order valence-electron chi connectivity index (χ4n) is 3.54. The molecule has 2 aromatic rings. The molecule has 3 amide bonds. The minimum absolute atomic E-state index is 0.0278. The number of ether oxygens (including phenoxy) is 1. The number of aryl methyl sites for hydroxylation is 2. The predicted molar refractivity (Wildman–Crippen MR) is 140 cm³/mol. The van der Waals surface area contributed by atoms with Crippen molar-refractivity contribution in [2.75, 3.05) is 24.2 Å². The number of aliphatic hydroxyl groups excluding tert-OH is 1. The smallest absolute Gasteiger partial charge is 0.408 e. The first kappa shape index (κ1) is 28.2. The Hall–Kier alpha value is -3.04. The molecule has 0 saturated carbocycles. The van der Waals surface area contributed by atoms with Crippen molar-refractivity contribution in [1.82, 2.24) is 10.2 Å². The molecule has 0 aliphatic carbocycles. The van der Waals surface area contributed by atoms with Crippen LogP contribution in [0.3, 0.4) is 0 Å². The van der Waals surface area contributed by atoms with Crippen LogP contribution in [-0.4, -0.2) is 58.5 Å². The van der Waals surface area contributed by atoms with Gasteiger partial charge < -0.3 is 25.4 Å². The number of hydrogen-bond acceptors (Lipinski definition) is 6. The molecule has 2 unspecified atom stereocenters. The number of benzene rings is 2. The van der Waals surface area contributed by atoms with Gasteiger partial charge in [-0.3, -0.25) is 9.59 Å². The van der Waals surface area contributed by atoms with Crippen molar-refractivity contribution in [3.63, 3.8) is 0 Å². The van der Waals surface area contributed by atoms with Crippen molar-refractivity contribution < 1.29 is 24.2 Å². The highest BCUT2D eigenvalue weighted by Gasteiger charge is 2.36. The molecule has 0 aromatic heterocycles. The predicted octanol–water partition coefficient (Wildman–Crippen LogP) is 3.63. The number of carbonyl (C=O) groups is 3. The first-order valence-corrected chi connectivity index (χ1v) is 12.0. The number of nitrogens with one attached hydrogen (secondary N) is 2. The van der Waals surface area contributed by atoms with E-state index in [0.29, 0.717) is 11.3 Å². The summed E-state index contributed by atoms with van der Waals surface area (Å²) in [5.74, 6) is -1.03. The van der Waals surface area contributed by atoms with Gasteiger partial charge in [0.1, 0.15) is 17.7 Å². The van der Waals surface area contributed by atoms with Gasteiger partial charge in [-0.2, -0.15) is 12.6 Å². The summed E-state index contributed by atoms with van der Waals surface area (Å²) in [5, 5.41) is 15.2. The number of para-hydroxylation sites is 1. The third-order valence-electron chi connectivity index (χ3n) is 5.12. The van der Waals surface area contributed by atoms with Crippen LogP contribution in [0, 0.1) is 13.8 Å². The van der Waals surface area contributed by atoms with Gasteiger partial charge >= 0.3 is 6.09 Å². The lowest BCUT2D eigenvalue weighted by Crippen LogP contribution is -2.53. The van der Waals surface area contributed by atoms with E-state index >= 15 is 0 Å². The molecule has 0 aliphatic heterocycles. The Kier molecular flexibility index (Phi) is 10.2. The van der Waals surface area contributed by atoms with Gasteiger partial charge in [0, 0.05) is 18.0 Å². The second-order valence-electron chi connectivity index (χ2n) is 9.26. The van der Waals surface area contributed by atoms with Gasteiger partial charge in [-0.05, 0) is 51.8 Å². The Morgan fingerprint density at radius 3 is 2.34 bits per heavy atom. The molecule has 3 N–H and O–H groups in total. The van der Waals surface area contributed by atoms with Crippen molar-refractivity contribution >= 4 is 36.2 Å². The van der Waals surface area contributed by atoms with Gasteiger partial charge in [0.25, 0.3) is 5.91 Å². The zero-order valence-electron chi connectivity index (χ0n) is 20.9. The van der Waals surface area contributed by atoms with Gasteiger partial charge in [0.05, 0.1) is 6.61 Å². The van der Waals surface area contributed by atoms with Crippen LogP contribution in [0.1, 0.15) is 43.5 Å². The maximum atomic E-state index is 13.6. The summed E-state index contributed by atoms with van der Waals surface area (Å²) in [5.41, 5.74) is 2.21. The summed E-state index contributed by atoms with van der Waals surface area (Å²) in [6.07, 6.45) is -0.773. The van der Waals surface area contributed by atoms with Gasteiger partial charge in [-0.15, -0.1) is 0 Å². The zero-order chi connectivity index (χ0) is 26.2. The number of carbonyl (C=O) groups excluding carboxylic acids is 3. The number of thiol groups is 1. The molecule has 8 nitrogen and oxygen atoms in total. The number of alkyl carbamates (subject to hydrolysis) is 1. The average molecular weight is 502 g/mol. The van der Waals surface area contributed by atoms with Crippen LogP contribution in [-0.2, 0) is 14.3 Å². The molecule has 2 aromatic carbocycles. The topological polar surface area (TPSA) is 108 Å². The third kappa shape index (κ3) is 8.29. The second kappa shape index (κ2) is 12.6. The lowest BCUT2D eigenvalue weighted by Gasteiger charge is -2.34. The number of aliphatic hydroxyl groups is 1. The molecular weight excluding hydrogens is 466 g/mol. The van der Waals surface area contributed by atoms with E-state index in [4.69, 9.17) is 4.74 Å². The fourth-order valence-corrected chi connectivity index (χ4v) is 3.78. The highest BCUT2D eigenvalue weighted by Crippen LogP contribution is 2.26. The highest BCUT2D eigenvalue weighted by atomic mass is 32.1. The Labute approximate surface area is 212 Å². The minimum atomic E-state index is -1.07. The van der Waals surface area contributed by atoms with Crippen LogP contribution in [0.2, 0.25) is 0 Å². The van der Waals surface area contributed by atoms with E-state index in [-0.39, 0.29) is 18.9 Å². The molecule has 0 aliphatic rings. The highest BCUT2D eigenvalue weighted by molar-refractivity contribution is 7.80. The van der Waals surface area contributed by atoms with Crippen LogP contribution in [0.25, 0.3) is 0 Å². The molecule has 0 saturated heterocycles. The number of nitrogens with zero attached hydrogens (tertiary/aromatic N) is 1. The molecule has 0 bridgehead atoms. The summed E-state index contributed by atoms with van der Waals surface area (Å²) in [4.78, 5) is 40.8. The standard InChI is InChI=1S/C26H35N3O5S/c1-17-9-8-11-19(15-17)22(23(31)27-20-12-7-6-10-18(20)2)29(13-14-30)24(32)21(16-35)28-25(33)34-26(3,4)5/h6-12,15,21-22,30,35H,13-14,16H2,1-5H3,(H,27,31)(H,28,33). The van der Waals surface area contributed by atoms with Crippen molar-refractivity contribution in [3.8, 4) is 0 Å². The number of hydrogen-bond donors (Lipinski definition) is 4. The molecule has 190 valence electrons. The van der Waals surface area contributed by atoms with Crippen molar-refractivity contribution in [1.29, 1.82) is 0 Å². The molecule has 2 rings (SSSR count). The quantitative estimate of drug-likeness (QED) is 0.393. The summed E-state index contributed by atoms with van der Waals surface area (Å²) in [7, 11) is 0. The molecule has 0 spiro atoms. The summed E-state index contributed by atoms with van der Waals surface area (Å²) in [6.45, 7) is 8.40. The summed E-state index contributed by atoms with van der Waals surface area (Å²) in [6, 6.07) is 12.5. The molecule has 35 heavy (non-hydrogen) atoms. The molecule has 0 heterocycles. The average Bonchev–Trinajstić information content (AvgIpc) is 2.77. The lowest BCUT2D eigenvalue weighted by atomic mass is 10.0. The Morgan fingerprint density at radius 1 is 1.09 bits per heavy atom. The number of anilines is 1. The summed E-state index contributed by atoms with van der Waals surface area (Å²) >= 11 is 4.24. The van der Waals surface area contributed by atoms with E-state index < -0.39 is 35.6 Å². The van der Waals surface area contributed by atoms with Crippen molar-refractivity contribution in [2.24, 2.45) is 0 Å². The monoisotopic (exact) mass is 501 g/mol. The number of rotatable bonds is 9. The Bertz CT molecular complexity index is 1040. The first-order chi connectivity index (χ1) is 16.5. The SMILES string of the molecule is Cc1cccc(C(C(=O)Nc2ccccc2C)N(CCO)C(=O)C(CS)NC(=O)OC(C)(C)C)c1. The largest absolute Gasteiger partial charge is 0.444 e. The van der Waals surface area contributed by atoms with Crippen LogP contribution in [0.15, 0.2) is 48.5 Å². The molecule has 2 atom stereocenters. The maximum Gasteiger partial charge on any atom is 0.408 e. The van der Waals surface area contributed by atoms with Gasteiger partial charge in [-0.25, -0.2) is 4.79 Å². The minimum Gasteiger partial charge on any atom is -0.444 e. The van der Waals surface area contributed by atoms with E-state index in [0.717, 1.165) is 11.1 Å². The normalized spacial score (nSPS) is 12.9. The Balaban J connectivity index is 2.44. The van der Waals surface area contributed by atoms with E-state index in [1.807, 2.05) is 44.2 Å². The van der Waals surface area contributed by atoms with Gasteiger partial charge in [0.15, 0.2) is 0 Å². The molecule has 0 fully saturated rings. The van der Waals surface area contributed by atoms with E-state index in [9.17, 15) is 19.5 Å². The second-order valence-corrected chi connectivity index (χ2v) is 9.62. The molecule has 9 heteroatoms. The maximum absolute atomic E-state index is 13.6. The van der Waals surface area contributed by atoms with Crippen molar-refractivity contribution in [3.05, 3.63) is 65.2 Å².